The van der Waals surface area contributed by atoms with Gasteiger partial charge in [-0.05, 0) is 24.9 Å². The van der Waals surface area contributed by atoms with Crippen molar-refractivity contribution in [1.82, 2.24) is 0 Å². The summed E-state index contributed by atoms with van der Waals surface area (Å²) >= 11 is 0. The number of hydrogen-bond acceptors (Lipinski definition) is 2. The van der Waals surface area contributed by atoms with E-state index in [9.17, 15) is 0 Å². The Labute approximate surface area is 82.6 Å². The predicted octanol–water partition coefficient (Wildman–Crippen LogP) is 0.764. The first kappa shape index (κ1) is 10.4. The van der Waals surface area contributed by atoms with E-state index in [4.69, 9.17) is 10.2 Å². The third kappa shape index (κ3) is 3.30. The van der Waals surface area contributed by atoms with Gasteiger partial charge >= 0.3 is 0 Å². The summed E-state index contributed by atoms with van der Waals surface area (Å²) < 4.78 is 5.52. The zero-order chi connectivity index (χ0) is 9.52. The lowest BCUT2D eigenvalue weighted by atomic mass is 10.1. The molecular weight excluding hydrogens is 178 g/mol. The number of nitrogens with two attached hydrogens (primary N) is 1. The van der Waals surface area contributed by atoms with Crippen molar-refractivity contribution in [2.75, 3.05) is 6.54 Å². The molecule has 0 saturated carbocycles. The van der Waals surface area contributed by atoms with Gasteiger partial charge in [0.15, 0.2) is 0 Å². The molecule has 0 heterocycles. The van der Waals surface area contributed by atoms with Gasteiger partial charge in [0, 0.05) is 0 Å². The maximum absolute atomic E-state index is 5.52. The average molecular weight is 195 g/mol. The van der Waals surface area contributed by atoms with Crippen LogP contribution in [0.1, 0.15) is 24.5 Å². The molecule has 0 amide bonds. The lowest BCUT2D eigenvalue weighted by molar-refractivity contribution is 0.212. The average Bonchev–Trinajstić information content (AvgIpc) is 2.21. The molecule has 1 aromatic rings. The molecule has 1 atom stereocenters. The van der Waals surface area contributed by atoms with E-state index in [-0.39, 0.29) is 6.10 Å². The Balaban J connectivity index is 2.56. The minimum absolute atomic E-state index is 0.261. The first-order valence-corrected chi connectivity index (χ1v) is 5.48. The second-order valence-corrected chi connectivity index (χ2v) is 3.54. The molecule has 1 unspecified atom stereocenters. The summed E-state index contributed by atoms with van der Waals surface area (Å²) in [6.07, 6.45) is 2.32. The van der Waals surface area contributed by atoms with Gasteiger partial charge in [0.05, 0.1) is 6.10 Å². The molecule has 1 rings (SSSR count). The molecule has 2 nitrogen and oxygen atoms in total. The maximum Gasteiger partial charge on any atom is 0.146 e. The molecule has 72 valence electrons. The quantitative estimate of drug-likeness (QED) is 0.704. The molecule has 0 aliphatic heterocycles. The predicted molar refractivity (Wildman–Crippen MR) is 58.5 cm³/mol. The lowest BCUT2D eigenvalue weighted by Gasteiger charge is -2.15. The topological polar surface area (TPSA) is 35.2 Å². The van der Waals surface area contributed by atoms with E-state index < -0.39 is 0 Å². The van der Waals surface area contributed by atoms with Gasteiger partial charge in [0.2, 0.25) is 0 Å². The van der Waals surface area contributed by atoms with Crippen LogP contribution in [0.3, 0.4) is 0 Å². The zero-order valence-electron chi connectivity index (χ0n) is 8.07. The smallest absolute Gasteiger partial charge is 0.146 e. The fraction of sp³-hybridized carbons (Fsp3) is 0.400. The second-order valence-electron chi connectivity index (χ2n) is 3.07. The molecule has 0 radical (unpaired) electrons. The molecule has 2 N–H and O–H groups in total. The fourth-order valence-electron chi connectivity index (χ4n) is 1.39. The van der Waals surface area contributed by atoms with Crippen LogP contribution in [0.15, 0.2) is 30.3 Å². The zero-order valence-corrected chi connectivity index (χ0v) is 10.1. The molecule has 0 bridgehead atoms. The molecule has 0 aliphatic carbocycles. The van der Waals surface area contributed by atoms with Crippen LogP contribution in [-0.2, 0) is 4.43 Å². The lowest BCUT2D eigenvalue weighted by Crippen LogP contribution is -2.06. The van der Waals surface area contributed by atoms with Crippen LogP contribution in [0.2, 0.25) is 0 Å². The first-order valence-electron chi connectivity index (χ1n) is 4.66. The van der Waals surface area contributed by atoms with Crippen molar-refractivity contribution < 1.29 is 4.43 Å². The molecule has 3 heteroatoms. The molecule has 0 fully saturated rings. The van der Waals surface area contributed by atoms with Crippen LogP contribution in [0.5, 0.6) is 0 Å². The Kier molecular flexibility index (Phi) is 4.75. The van der Waals surface area contributed by atoms with Gasteiger partial charge in [0.25, 0.3) is 0 Å². The van der Waals surface area contributed by atoms with Crippen molar-refractivity contribution in [3.63, 3.8) is 0 Å². The third-order valence-corrected chi connectivity index (χ3v) is 2.70. The van der Waals surface area contributed by atoms with Gasteiger partial charge in [-0.1, -0.05) is 30.3 Å². The minimum atomic E-state index is 0.261. The van der Waals surface area contributed by atoms with E-state index in [1.807, 2.05) is 18.2 Å². The highest BCUT2D eigenvalue weighted by molar-refractivity contribution is 5.98. The van der Waals surface area contributed by atoms with Crippen LogP contribution in [0.4, 0.5) is 0 Å². The van der Waals surface area contributed by atoms with Gasteiger partial charge in [-0.2, -0.15) is 0 Å². The molecule has 0 spiro atoms. The number of benzene rings is 1. The monoisotopic (exact) mass is 195 g/mol. The highest BCUT2D eigenvalue weighted by Crippen LogP contribution is 2.20. The second kappa shape index (κ2) is 5.91. The maximum atomic E-state index is 5.52. The van der Waals surface area contributed by atoms with Crippen molar-refractivity contribution in [3.8, 4) is 0 Å². The summed E-state index contributed by atoms with van der Waals surface area (Å²) in [5.41, 5.74) is 6.73. The molecular formula is C10H17NOSi. The van der Waals surface area contributed by atoms with Crippen molar-refractivity contribution in [3.05, 3.63) is 35.9 Å². The Morgan fingerprint density at radius 3 is 2.54 bits per heavy atom. The van der Waals surface area contributed by atoms with Crippen molar-refractivity contribution in [2.45, 2.75) is 18.9 Å². The van der Waals surface area contributed by atoms with Crippen molar-refractivity contribution >= 4 is 10.5 Å². The first-order chi connectivity index (χ1) is 6.38. The van der Waals surface area contributed by atoms with E-state index in [1.165, 1.54) is 5.56 Å². The van der Waals surface area contributed by atoms with Gasteiger partial charge in [-0.25, -0.2) is 0 Å². The largest absolute Gasteiger partial charge is 0.421 e. The SMILES string of the molecule is NCCCC(O[SiH3])c1ccccc1. The van der Waals surface area contributed by atoms with E-state index in [0.717, 1.165) is 29.9 Å². The standard InChI is InChI=1S/C10H17NOSi/c11-8-4-7-10(12-13)9-5-2-1-3-6-9/h1-3,5-6,10H,4,7-8,11H2,13H3. The molecule has 0 saturated heterocycles. The normalized spacial score (nSPS) is 13.0. The summed E-state index contributed by atoms with van der Waals surface area (Å²) in [5, 5.41) is 0. The molecule has 0 aliphatic rings. The molecule has 1 aromatic carbocycles. The van der Waals surface area contributed by atoms with Crippen molar-refractivity contribution in [2.24, 2.45) is 5.73 Å². The van der Waals surface area contributed by atoms with Crippen molar-refractivity contribution in [1.29, 1.82) is 0 Å². The van der Waals surface area contributed by atoms with Gasteiger partial charge in [-0.15, -0.1) is 0 Å². The fourth-order valence-corrected chi connectivity index (χ4v) is 1.90. The number of hydrogen-bond donors (Lipinski definition) is 1. The van der Waals surface area contributed by atoms with Crippen LogP contribution in [0.25, 0.3) is 0 Å². The summed E-state index contributed by atoms with van der Waals surface area (Å²) in [6, 6.07) is 10.3. The Morgan fingerprint density at radius 2 is 2.00 bits per heavy atom. The minimum Gasteiger partial charge on any atom is -0.421 e. The van der Waals surface area contributed by atoms with Crippen LogP contribution in [-0.4, -0.2) is 17.0 Å². The van der Waals surface area contributed by atoms with E-state index >= 15 is 0 Å². The van der Waals surface area contributed by atoms with Crippen LogP contribution < -0.4 is 5.73 Å². The van der Waals surface area contributed by atoms with Gasteiger partial charge < -0.3 is 10.2 Å². The molecule has 13 heavy (non-hydrogen) atoms. The Bertz CT molecular complexity index is 228. The summed E-state index contributed by atoms with van der Waals surface area (Å²) in [6.45, 7) is 0.744. The highest BCUT2D eigenvalue weighted by Gasteiger charge is 2.07. The van der Waals surface area contributed by atoms with Gasteiger partial charge in [-0.3, -0.25) is 0 Å². The summed E-state index contributed by atoms with van der Waals surface area (Å²) in [7, 11) is 0.783. The number of rotatable bonds is 5. The van der Waals surface area contributed by atoms with E-state index in [1.54, 1.807) is 0 Å². The van der Waals surface area contributed by atoms with Crippen LogP contribution >= 0.6 is 0 Å². The van der Waals surface area contributed by atoms with Crippen LogP contribution in [0, 0.1) is 0 Å². The van der Waals surface area contributed by atoms with Gasteiger partial charge in [0.1, 0.15) is 10.5 Å². The summed E-state index contributed by atoms with van der Waals surface area (Å²) in [5.74, 6) is 0. The molecule has 0 aromatic heterocycles. The third-order valence-electron chi connectivity index (χ3n) is 2.13. The summed E-state index contributed by atoms with van der Waals surface area (Å²) in [4.78, 5) is 0. The van der Waals surface area contributed by atoms with E-state index in [2.05, 4.69) is 12.1 Å². The highest BCUT2D eigenvalue weighted by atomic mass is 28.2. The Morgan fingerprint density at radius 1 is 1.31 bits per heavy atom. The van der Waals surface area contributed by atoms with E-state index in [0.29, 0.717) is 0 Å². The Hall–Kier alpha value is -0.643.